The lowest BCUT2D eigenvalue weighted by molar-refractivity contribution is -0.0536. The van der Waals surface area contributed by atoms with Crippen LogP contribution in [-0.4, -0.2) is 84.2 Å². The highest BCUT2D eigenvalue weighted by atomic mass is 32.2. The second-order valence-corrected chi connectivity index (χ2v) is 11.8. The summed E-state index contributed by atoms with van der Waals surface area (Å²) in [4.78, 5) is 0. The highest BCUT2D eigenvalue weighted by Gasteiger charge is 2.35. The first-order valence-corrected chi connectivity index (χ1v) is 12.8. The first-order valence-electron chi connectivity index (χ1n) is 8.45. The average molecular weight is 397 g/mol. The Morgan fingerprint density at radius 2 is 1.22 bits per heavy atom. The topological polar surface area (TPSA) is 27.7 Å². The van der Waals surface area contributed by atoms with E-state index in [1.54, 1.807) is 0 Å². The van der Waals surface area contributed by atoms with E-state index in [0.29, 0.717) is 0 Å². The van der Waals surface area contributed by atoms with E-state index in [0.717, 1.165) is 66.9 Å². The maximum absolute atomic E-state index is 6.06. The zero-order valence-corrected chi connectivity index (χ0v) is 17.1. The molecule has 0 amide bonds. The number of hydrogen-bond acceptors (Lipinski definition) is 7. The van der Waals surface area contributed by atoms with Gasteiger partial charge in [-0.05, 0) is 5.75 Å². The summed E-state index contributed by atoms with van der Waals surface area (Å²) in [5.41, 5.74) is 0.0132. The fourth-order valence-corrected chi connectivity index (χ4v) is 4.44. The molecule has 3 nitrogen and oxygen atoms in total. The molecule has 0 saturated carbocycles. The Morgan fingerprint density at radius 3 is 1.52 bits per heavy atom. The van der Waals surface area contributed by atoms with Crippen LogP contribution in [0.15, 0.2) is 0 Å². The predicted molar refractivity (Wildman–Crippen MR) is 107 cm³/mol. The lowest BCUT2D eigenvalue weighted by atomic mass is 9.93. The summed E-state index contributed by atoms with van der Waals surface area (Å²) in [5, 5.41) is 2.21. The standard InChI is InChI=1S/C16H28O3S4/c1-2-20-12-16(9-17-3-13-6-21-13,10-18-4-14-7-22-14)11-19-5-15-8-23-15/h13-15H,2-12H2,1H3. The van der Waals surface area contributed by atoms with Gasteiger partial charge in [-0.3, -0.25) is 0 Å². The molecular weight excluding hydrogens is 368 g/mol. The Kier molecular flexibility index (Phi) is 8.15. The molecule has 0 N–H and O–H groups in total. The van der Waals surface area contributed by atoms with Crippen molar-refractivity contribution in [2.75, 3.05) is 68.4 Å². The van der Waals surface area contributed by atoms with Crippen molar-refractivity contribution in [3.8, 4) is 0 Å². The number of rotatable bonds is 15. The molecule has 3 saturated heterocycles. The average Bonchev–Trinajstić information content (AvgIpc) is 3.35. The largest absolute Gasteiger partial charge is 0.379 e. The van der Waals surface area contributed by atoms with Gasteiger partial charge in [-0.1, -0.05) is 6.92 Å². The van der Waals surface area contributed by atoms with Gasteiger partial charge in [0.15, 0.2) is 0 Å². The monoisotopic (exact) mass is 396 g/mol. The Hall–Kier alpha value is 1.28. The van der Waals surface area contributed by atoms with Crippen molar-refractivity contribution in [2.45, 2.75) is 22.7 Å². The Bertz CT molecular complexity index is 301. The van der Waals surface area contributed by atoms with Crippen LogP contribution in [0.2, 0.25) is 0 Å². The molecule has 0 bridgehead atoms. The zero-order valence-electron chi connectivity index (χ0n) is 13.9. The molecule has 0 spiro atoms. The number of thioether (sulfide) groups is 4. The van der Waals surface area contributed by atoms with Crippen molar-refractivity contribution in [1.82, 2.24) is 0 Å². The number of ether oxygens (including phenoxy) is 3. The normalized spacial score (nSPS) is 30.9. The van der Waals surface area contributed by atoms with E-state index in [4.69, 9.17) is 14.2 Å². The van der Waals surface area contributed by atoms with Crippen molar-refractivity contribution in [2.24, 2.45) is 5.41 Å². The van der Waals surface area contributed by atoms with Gasteiger partial charge in [-0.15, -0.1) is 0 Å². The summed E-state index contributed by atoms with van der Waals surface area (Å²) in [5.74, 6) is 6.00. The van der Waals surface area contributed by atoms with Crippen LogP contribution in [0.5, 0.6) is 0 Å². The van der Waals surface area contributed by atoms with Crippen molar-refractivity contribution in [3.05, 3.63) is 0 Å². The fraction of sp³-hybridized carbons (Fsp3) is 1.00. The van der Waals surface area contributed by atoms with Crippen molar-refractivity contribution in [1.29, 1.82) is 0 Å². The molecule has 3 fully saturated rings. The summed E-state index contributed by atoms with van der Waals surface area (Å²) >= 11 is 7.98. The second-order valence-electron chi connectivity index (χ2n) is 6.55. The van der Waals surface area contributed by atoms with Crippen LogP contribution in [0.25, 0.3) is 0 Å². The molecule has 0 aromatic heterocycles. The molecule has 134 valence electrons. The van der Waals surface area contributed by atoms with E-state index in [1.807, 2.05) is 47.0 Å². The van der Waals surface area contributed by atoms with Gasteiger partial charge in [0.1, 0.15) is 0 Å². The van der Waals surface area contributed by atoms with E-state index in [-0.39, 0.29) is 5.41 Å². The first kappa shape index (κ1) is 19.1. The Labute approximate surface area is 157 Å². The SMILES string of the molecule is CCSCC(COCC1CS1)(COCC1CS1)COCC1CS1. The lowest BCUT2D eigenvalue weighted by Crippen LogP contribution is -2.41. The van der Waals surface area contributed by atoms with E-state index in [2.05, 4.69) is 6.92 Å². The maximum Gasteiger partial charge on any atom is 0.0593 e. The molecule has 3 rings (SSSR count). The molecule has 0 aromatic rings. The van der Waals surface area contributed by atoms with Gasteiger partial charge in [0.25, 0.3) is 0 Å². The number of hydrogen-bond donors (Lipinski definition) is 0. The fourth-order valence-electron chi connectivity index (χ4n) is 2.28. The van der Waals surface area contributed by atoms with Crippen LogP contribution in [0.4, 0.5) is 0 Å². The first-order chi connectivity index (χ1) is 11.3. The maximum atomic E-state index is 6.06. The van der Waals surface area contributed by atoms with Crippen LogP contribution in [0.3, 0.4) is 0 Å². The zero-order chi connectivity index (χ0) is 16.0. The van der Waals surface area contributed by atoms with E-state index in [1.165, 1.54) is 17.3 Å². The minimum Gasteiger partial charge on any atom is -0.379 e. The van der Waals surface area contributed by atoms with Gasteiger partial charge in [0.2, 0.25) is 0 Å². The molecule has 0 radical (unpaired) electrons. The quantitative estimate of drug-likeness (QED) is 0.393. The molecule has 0 aromatic carbocycles. The van der Waals surface area contributed by atoms with Gasteiger partial charge in [0, 0.05) is 44.2 Å². The van der Waals surface area contributed by atoms with Crippen LogP contribution in [0, 0.1) is 5.41 Å². The molecule has 23 heavy (non-hydrogen) atoms. The third kappa shape index (κ3) is 8.01. The van der Waals surface area contributed by atoms with Crippen LogP contribution >= 0.6 is 47.0 Å². The minimum atomic E-state index is 0.0132. The van der Waals surface area contributed by atoms with Gasteiger partial charge >= 0.3 is 0 Å². The van der Waals surface area contributed by atoms with Gasteiger partial charge in [-0.2, -0.15) is 47.0 Å². The minimum absolute atomic E-state index is 0.0132. The summed E-state index contributed by atoms with van der Waals surface area (Å²) in [6.45, 7) is 7.20. The smallest absolute Gasteiger partial charge is 0.0593 e. The van der Waals surface area contributed by atoms with E-state index < -0.39 is 0 Å². The van der Waals surface area contributed by atoms with Gasteiger partial charge < -0.3 is 14.2 Å². The van der Waals surface area contributed by atoms with E-state index in [9.17, 15) is 0 Å². The highest BCUT2D eigenvalue weighted by Crippen LogP contribution is 2.34. The second kappa shape index (κ2) is 9.83. The van der Waals surface area contributed by atoms with Crippen molar-refractivity contribution < 1.29 is 14.2 Å². The molecule has 3 aliphatic rings. The summed E-state index contributed by atoms with van der Waals surface area (Å²) in [6.07, 6.45) is 0. The van der Waals surface area contributed by atoms with E-state index >= 15 is 0 Å². The van der Waals surface area contributed by atoms with Crippen molar-refractivity contribution in [3.63, 3.8) is 0 Å². The molecule has 7 heteroatoms. The highest BCUT2D eigenvalue weighted by molar-refractivity contribution is 8.07. The van der Waals surface area contributed by atoms with Crippen LogP contribution in [-0.2, 0) is 14.2 Å². The third-order valence-corrected chi connectivity index (χ3v) is 8.00. The van der Waals surface area contributed by atoms with Crippen LogP contribution < -0.4 is 0 Å². The summed E-state index contributed by atoms with van der Waals surface area (Å²) < 4.78 is 18.2. The molecule has 3 aliphatic heterocycles. The lowest BCUT2D eigenvalue weighted by Gasteiger charge is -2.33. The molecule has 3 heterocycles. The molecular formula is C16H28O3S4. The third-order valence-electron chi connectivity index (χ3n) is 3.96. The van der Waals surface area contributed by atoms with Crippen molar-refractivity contribution >= 4 is 47.0 Å². The van der Waals surface area contributed by atoms with Gasteiger partial charge in [0.05, 0.1) is 39.6 Å². The predicted octanol–water partition coefficient (Wildman–Crippen LogP) is 3.12. The molecule has 0 aliphatic carbocycles. The Morgan fingerprint density at radius 1 is 0.826 bits per heavy atom. The molecule has 3 atom stereocenters. The summed E-state index contributed by atoms with van der Waals surface area (Å²) in [7, 11) is 0. The molecule has 3 unspecified atom stereocenters. The summed E-state index contributed by atoms with van der Waals surface area (Å²) in [6, 6.07) is 0. The van der Waals surface area contributed by atoms with Crippen LogP contribution in [0.1, 0.15) is 6.92 Å². The Balaban J connectivity index is 1.47. The van der Waals surface area contributed by atoms with Gasteiger partial charge in [-0.25, -0.2) is 0 Å².